The highest BCUT2D eigenvalue weighted by atomic mass is 79.9. The number of imidazole rings is 1. The maximum atomic E-state index is 4.59. The molecule has 2 aromatic carbocycles. The zero-order valence-corrected chi connectivity index (χ0v) is 12.6. The van der Waals surface area contributed by atoms with Crippen molar-refractivity contribution in [3.63, 3.8) is 0 Å². The van der Waals surface area contributed by atoms with Gasteiger partial charge in [-0.3, -0.25) is 0 Å². The van der Waals surface area contributed by atoms with Crippen LogP contribution >= 0.6 is 31.9 Å². The number of aromatic nitrogens is 2. The summed E-state index contributed by atoms with van der Waals surface area (Å²) in [7, 11) is 0. The first-order valence-electron chi connectivity index (χ1n) is 5.59. The molecule has 2 nitrogen and oxygen atoms in total. The molecule has 0 saturated heterocycles. The molecule has 3 aromatic rings. The lowest BCUT2D eigenvalue weighted by Crippen LogP contribution is -1.90. The van der Waals surface area contributed by atoms with Crippen molar-refractivity contribution < 1.29 is 0 Å². The highest BCUT2D eigenvalue weighted by Crippen LogP contribution is 2.19. The summed E-state index contributed by atoms with van der Waals surface area (Å²) >= 11 is 6.95. The lowest BCUT2D eigenvalue weighted by molar-refractivity contribution is 1.04. The molecule has 1 aromatic heterocycles. The Labute approximate surface area is 122 Å². The van der Waals surface area contributed by atoms with Gasteiger partial charge in [0, 0.05) is 15.4 Å². The third kappa shape index (κ3) is 2.49. The number of nitrogens with one attached hydrogen (secondary N) is 1. The van der Waals surface area contributed by atoms with Crippen LogP contribution in [-0.2, 0) is 6.42 Å². The normalized spacial score (nSPS) is 11.0. The molecule has 0 bridgehead atoms. The Bertz CT molecular complexity index is 704. The van der Waals surface area contributed by atoms with Crippen LogP contribution in [0.2, 0.25) is 0 Å². The first kappa shape index (κ1) is 11.9. The number of halogens is 2. The second kappa shape index (κ2) is 4.86. The van der Waals surface area contributed by atoms with Gasteiger partial charge in [-0.2, -0.15) is 0 Å². The molecule has 18 heavy (non-hydrogen) atoms. The number of nitrogens with zero attached hydrogens (tertiary/aromatic N) is 1. The molecule has 3 rings (SSSR count). The van der Waals surface area contributed by atoms with Crippen LogP contribution in [0.1, 0.15) is 11.4 Å². The first-order chi connectivity index (χ1) is 8.70. The van der Waals surface area contributed by atoms with Crippen molar-refractivity contribution in [2.24, 2.45) is 0 Å². The van der Waals surface area contributed by atoms with E-state index in [0.29, 0.717) is 0 Å². The van der Waals surface area contributed by atoms with E-state index in [-0.39, 0.29) is 0 Å². The lowest BCUT2D eigenvalue weighted by atomic mass is 10.1. The fourth-order valence-corrected chi connectivity index (χ4v) is 2.77. The SMILES string of the molecule is Brc1cccc(Cc2nc3ccc(Br)cc3[nH]2)c1. The van der Waals surface area contributed by atoms with Crippen LogP contribution in [0, 0.1) is 0 Å². The largest absolute Gasteiger partial charge is 0.342 e. The van der Waals surface area contributed by atoms with Gasteiger partial charge in [0.2, 0.25) is 0 Å². The predicted octanol–water partition coefficient (Wildman–Crippen LogP) is 4.68. The van der Waals surface area contributed by atoms with Gasteiger partial charge in [-0.15, -0.1) is 0 Å². The Balaban J connectivity index is 1.95. The zero-order chi connectivity index (χ0) is 12.5. The average molecular weight is 366 g/mol. The van der Waals surface area contributed by atoms with Gasteiger partial charge in [0.1, 0.15) is 5.82 Å². The maximum absolute atomic E-state index is 4.59. The summed E-state index contributed by atoms with van der Waals surface area (Å²) in [5, 5.41) is 0. The fourth-order valence-electron chi connectivity index (χ4n) is 1.96. The van der Waals surface area contributed by atoms with E-state index in [9.17, 15) is 0 Å². The van der Waals surface area contributed by atoms with Crippen molar-refractivity contribution in [2.45, 2.75) is 6.42 Å². The molecule has 0 fully saturated rings. The van der Waals surface area contributed by atoms with Gasteiger partial charge >= 0.3 is 0 Å². The van der Waals surface area contributed by atoms with E-state index < -0.39 is 0 Å². The van der Waals surface area contributed by atoms with Gasteiger partial charge in [0.05, 0.1) is 11.0 Å². The van der Waals surface area contributed by atoms with Crippen molar-refractivity contribution in [2.75, 3.05) is 0 Å². The molecular formula is C14H10Br2N2. The summed E-state index contributed by atoms with van der Waals surface area (Å²) < 4.78 is 2.16. The van der Waals surface area contributed by atoms with Gasteiger partial charge in [-0.05, 0) is 35.9 Å². The Hall–Kier alpha value is -1.13. The summed E-state index contributed by atoms with van der Waals surface area (Å²) in [5.41, 5.74) is 3.31. The number of H-pyrrole nitrogens is 1. The van der Waals surface area contributed by atoms with Crippen LogP contribution in [0.4, 0.5) is 0 Å². The fraction of sp³-hybridized carbons (Fsp3) is 0.0714. The molecule has 0 unspecified atom stereocenters. The Morgan fingerprint density at radius 3 is 2.67 bits per heavy atom. The lowest BCUT2D eigenvalue weighted by Gasteiger charge is -1.98. The Morgan fingerprint density at radius 2 is 1.83 bits per heavy atom. The third-order valence-corrected chi connectivity index (χ3v) is 3.74. The Kier molecular flexibility index (Phi) is 3.22. The summed E-state index contributed by atoms with van der Waals surface area (Å²) in [4.78, 5) is 7.94. The molecule has 4 heteroatoms. The van der Waals surface area contributed by atoms with E-state index in [1.807, 2.05) is 30.3 Å². The van der Waals surface area contributed by atoms with Crippen LogP contribution in [0.3, 0.4) is 0 Å². The molecule has 0 amide bonds. The molecule has 90 valence electrons. The van der Waals surface area contributed by atoms with E-state index in [2.05, 4.69) is 54.0 Å². The van der Waals surface area contributed by atoms with Crippen LogP contribution in [-0.4, -0.2) is 9.97 Å². The predicted molar refractivity (Wildman–Crippen MR) is 80.7 cm³/mol. The van der Waals surface area contributed by atoms with Gasteiger partial charge in [0.15, 0.2) is 0 Å². The molecule has 0 spiro atoms. The number of aromatic amines is 1. The van der Waals surface area contributed by atoms with Crippen molar-refractivity contribution >= 4 is 42.9 Å². The minimum absolute atomic E-state index is 0.811. The second-order valence-corrected chi connectivity index (χ2v) is 5.98. The highest BCUT2D eigenvalue weighted by Gasteiger charge is 2.04. The molecule has 0 atom stereocenters. The minimum Gasteiger partial charge on any atom is -0.342 e. The van der Waals surface area contributed by atoms with E-state index >= 15 is 0 Å². The van der Waals surface area contributed by atoms with E-state index in [4.69, 9.17) is 0 Å². The highest BCUT2D eigenvalue weighted by molar-refractivity contribution is 9.10. The standard InChI is InChI=1S/C14H10Br2N2/c15-10-3-1-2-9(6-10)7-14-17-12-5-4-11(16)8-13(12)18-14/h1-6,8H,7H2,(H,17,18). The monoisotopic (exact) mass is 364 g/mol. The topological polar surface area (TPSA) is 28.7 Å². The number of rotatable bonds is 2. The van der Waals surface area contributed by atoms with Crippen LogP contribution in [0.15, 0.2) is 51.4 Å². The smallest absolute Gasteiger partial charge is 0.111 e. The summed E-state index contributed by atoms with van der Waals surface area (Å²) in [6.45, 7) is 0. The quantitative estimate of drug-likeness (QED) is 0.701. The molecule has 0 radical (unpaired) electrons. The van der Waals surface area contributed by atoms with Crippen molar-refractivity contribution in [3.8, 4) is 0 Å². The van der Waals surface area contributed by atoms with E-state index in [0.717, 1.165) is 32.2 Å². The molecule has 0 aliphatic heterocycles. The molecule has 0 aliphatic carbocycles. The maximum Gasteiger partial charge on any atom is 0.111 e. The van der Waals surface area contributed by atoms with Gasteiger partial charge < -0.3 is 4.98 Å². The minimum atomic E-state index is 0.811. The van der Waals surface area contributed by atoms with Crippen molar-refractivity contribution in [1.82, 2.24) is 9.97 Å². The van der Waals surface area contributed by atoms with Gasteiger partial charge in [-0.25, -0.2) is 4.98 Å². The number of hydrogen-bond donors (Lipinski definition) is 1. The summed E-state index contributed by atoms with van der Waals surface area (Å²) in [5.74, 6) is 0.987. The van der Waals surface area contributed by atoms with Crippen LogP contribution in [0.5, 0.6) is 0 Å². The van der Waals surface area contributed by atoms with Crippen LogP contribution < -0.4 is 0 Å². The van der Waals surface area contributed by atoms with E-state index in [1.54, 1.807) is 0 Å². The molecular weight excluding hydrogens is 356 g/mol. The zero-order valence-electron chi connectivity index (χ0n) is 9.45. The average Bonchev–Trinajstić information content (AvgIpc) is 2.70. The molecule has 1 N–H and O–H groups in total. The first-order valence-corrected chi connectivity index (χ1v) is 7.18. The summed E-state index contributed by atoms with van der Waals surface area (Å²) in [6, 6.07) is 14.4. The second-order valence-electron chi connectivity index (χ2n) is 4.15. The van der Waals surface area contributed by atoms with Crippen molar-refractivity contribution in [1.29, 1.82) is 0 Å². The molecule has 0 saturated carbocycles. The number of fused-ring (bicyclic) bond motifs is 1. The number of benzene rings is 2. The van der Waals surface area contributed by atoms with Crippen LogP contribution in [0.25, 0.3) is 11.0 Å². The number of hydrogen-bond acceptors (Lipinski definition) is 1. The third-order valence-electron chi connectivity index (χ3n) is 2.75. The van der Waals surface area contributed by atoms with E-state index in [1.165, 1.54) is 5.56 Å². The molecule has 0 aliphatic rings. The summed E-state index contributed by atoms with van der Waals surface area (Å²) in [6.07, 6.45) is 0.811. The van der Waals surface area contributed by atoms with Crippen molar-refractivity contribution in [3.05, 3.63) is 62.8 Å². The molecule has 1 heterocycles. The van der Waals surface area contributed by atoms with Gasteiger partial charge in [-0.1, -0.05) is 44.0 Å². The van der Waals surface area contributed by atoms with Gasteiger partial charge in [0.25, 0.3) is 0 Å². The Morgan fingerprint density at radius 1 is 1.00 bits per heavy atom.